The molecule has 1 atom stereocenters. The van der Waals surface area contributed by atoms with Gasteiger partial charge in [0, 0.05) is 36.2 Å². The smallest absolute Gasteiger partial charge is 0.0617 e. The van der Waals surface area contributed by atoms with Gasteiger partial charge in [0.05, 0.1) is 6.04 Å². The molecule has 0 bridgehead atoms. The summed E-state index contributed by atoms with van der Waals surface area (Å²) in [6, 6.07) is 14.7. The van der Waals surface area contributed by atoms with E-state index in [1.165, 1.54) is 11.1 Å². The fraction of sp³-hybridized carbons (Fsp3) is 0.333. The molecule has 1 saturated heterocycles. The van der Waals surface area contributed by atoms with Gasteiger partial charge >= 0.3 is 0 Å². The Morgan fingerprint density at radius 3 is 2.32 bits per heavy atom. The summed E-state index contributed by atoms with van der Waals surface area (Å²) in [5.41, 5.74) is 3.67. The first-order valence-electron chi connectivity index (χ1n) is 7.61. The first kappa shape index (κ1) is 15.8. The molecule has 2 aromatic carbocycles. The standard InChI is InChI=1S/C18H20Cl2N2/c1-13-2-4-14(5-3-13)18(22-10-8-21-9-11-22)16-7-6-15(19)12-17(16)20/h2-7,12,18,21H,8-11H2,1H3/t18-/m0/s1. The van der Waals surface area contributed by atoms with Crippen molar-refractivity contribution in [3.63, 3.8) is 0 Å². The third kappa shape index (κ3) is 3.47. The van der Waals surface area contributed by atoms with Crippen LogP contribution in [0.15, 0.2) is 42.5 Å². The molecule has 2 nitrogen and oxygen atoms in total. The highest BCUT2D eigenvalue weighted by Crippen LogP contribution is 2.35. The summed E-state index contributed by atoms with van der Waals surface area (Å²) in [5.74, 6) is 0. The molecule has 0 amide bonds. The van der Waals surface area contributed by atoms with E-state index in [1.807, 2.05) is 12.1 Å². The molecule has 4 heteroatoms. The highest BCUT2D eigenvalue weighted by molar-refractivity contribution is 6.35. The Morgan fingerprint density at radius 2 is 1.68 bits per heavy atom. The number of aryl methyl sites for hydroxylation is 1. The van der Waals surface area contributed by atoms with Crippen molar-refractivity contribution in [2.45, 2.75) is 13.0 Å². The number of hydrogen-bond donors (Lipinski definition) is 1. The van der Waals surface area contributed by atoms with Gasteiger partial charge in [-0.2, -0.15) is 0 Å². The summed E-state index contributed by atoms with van der Waals surface area (Å²) in [5, 5.41) is 4.82. The minimum absolute atomic E-state index is 0.174. The molecular formula is C18H20Cl2N2. The van der Waals surface area contributed by atoms with Gasteiger partial charge in [-0.1, -0.05) is 59.1 Å². The van der Waals surface area contributed by atoms with Crippen molar-refractivity contribution >= 4 is 23.2 Å². The number of halogens is 2. The van der Waals surface area contributed by atoms with E-state index in [9.17, 15) is 0 Å². The predicted octanol–water partition coefficient (Wildman–Crippen LogP) is 4.30. The van der Waals surface area contributed by atoms with Crippen molar-refractivity contribution in [3.8, 4) is 0 Å². The number of hydrogen-bond acceptors (Lipinski definition) is 2. The van der Waals surface area contributed by atoms with Gasteiger partial charge < -0.3 is 5.32 Å². The number of benzene rings is 2. The molecule has 1 fully saturated rings. The first-order valence-corrected chi connectivity index (χ1v) is 8.37. The van der Waals surface area contributed by atoms with E-state index in [2.05, 4.69) is 47.5 Å². The molecule has 0 unspecified atom stereocenters. The zero-order valence-corrected chi connectivity index (χ0v) is 14.2. The Kier molecular flexibility index (Phi) is 5.04. The fourth-order valence-corrected chi connectivity index (χ4v) is 3.51. The second-order valence-corrected chi connectivity index (χ2v) is 6.61. The van der Waals surface area contributed by atoms with Crippen LogP contribution >= 0.6 is 23.2 Å². The number of rotatable bonds is 3. The lowest BCUT2D eigenvalue weighted by Gasteiger charge is -2.36. The van der Waals surface area contributed by atoms with E-state index in [-0.39, 0.29) is 6.04 Å². The monoisotopic (exact) mass is 334 g/mol. The second-order valence-electron chi connectivity index (χ2n) is 5.77. The van der Waals surface area contributed by atoms with Crippen LogP contribution in [0.5, 0.6) is 0 Å². The maximum Gasteiger partial charge on any atom is 0.0617 e. The van der Waals surface area contributed by atoms with Crippen molar-refractivity contribution in [2.75, 3.05) is 26.2 Å². The lowest BCUT2D eigenvalue weighted by Crippen LogP contribution is -2.45. The van der Waals surface area contributed by atoms with Gasteiger partial charge in [0.1, 0.15) is 0 Å². The summed E-state index contributed by atoms with van der Waals surface area (Å²) >= 11 is 12.6. The number of nitrogens with zero attached hydrogens (tertiary/aromatic N) is 1. The van der Waals surface area contributed by atoms with Crippen LogP contribution in [0, 0.1) is 6.92 Å². The Bertz CT molecular complexity index is 634. The summed E-state index contributed by atoms with van der Waals surface area (Å²) in [4.78, 5) is 2.48. The van der Waals surface area contributed by atoms with E-state index in [4.69, 9.17) is 23.2 Å². The maximum atomic E-state index is 6.50. The summed E-state index contributed by atoms with van der Waals surface area (Å²) < 4.78 is 0. The number of piperazine rings is 1. The summed E-state index contributed by atoms with van der Waals surface area (Å²) in [7, 11) is 0. The van der Waals surface area contributed by atoms with Crippen LogP contribution in [0.1, 0.15) is 22.7 Å². The summed E-state index contributed by atoms with van der Waals surface area (Å²) in [6.45, 7) is 6.15. The second kappa shape index (κ2) is 7.01. The normalized spacial score (nSPS) is 17.4. The minimum atomic E-state index is 0.174. The van der Waals surface area contributed by atoms with Gasteiger partial charge in [-0.05, 0) is 30.2 Å². The highest BCUT2D eigenvalue weighted by atomic mass is 35.5. The molecule has 1 heterocycles. The van der Waals surface area contributed by atoms with E-state index < -0.39 is 0 Å². The van der Waals surface area contributed by atoms with Crippen molar-refractivity contribution in [2.24, 2.45) is 0 Å². The topological polar surface area (TPSA) is 15.3 Å². The van der Waals surface area contributed by atoms with Crippen molar-refractivity contribution in [1.29, 1.82) is 0 Å². The molecule has 22 heavy (non-hydrogen) atoms. The molecule has 0 spiro atoms. The molecule has 1 N–H and O–H groups in total. The van der Waals surface area contributed by atoms with Crippen LogP contribution in [0.2, 0.25) is 10.0 Å². The molecule has 1 aliphatic heterocycles. The number of nitrogens with one attached hydrogen (secondary N) is 1. The van der Waals surface area contributed by atoms with Crippen LogP contribution in [-0.4, -0.2) is 31.1 Å². The Balaban J connectivity index is 2.03. The molecular weight excluding hydrogens is 315 g/mol. The molecule has 0 aliphatic carbocycles. The van der Waals surface area contributed by atoms with Crippen LogP contribution in [-0.2, 0) is 0 Å². The quantitative estimate of drug-likeness (QED) is 0.900. The van der Waals surface area contributed by atoms with Crippen molar-refractivity contribution < 1.29 is 0 Å². The van der Waals surface area contributed by atoms with Crippen LogP contribution in [0.3, 0.4) is 0 Å². The van der Waals surface area contributed by atoms with E-state index >= 15 is 0 Å². The van der Waals surface area contributed by atoms with Gasteiger partial charge in [-0.3, -0.25) is 4.90 Å². The molecule has 0 aromatic heterocycles. The van der Waals surface area contributed by atoms with Crippen LogP contribution < -0.4 is 5.32 Å². The zero-order valence-electron chi connectivity index (χ0n) is 12.7. The zero-order chi connectivity index (χ0) is 15.5. The van der Waals surface area contributed by atoms with Crippen molar-refractivity contribution in [3.05, 3.63) is 69.2 Å². The molecule has 0 saturated carbocycles. The lowest BCUT2D eigenvalue weighted by atomic mass is 9.95. The maximum absolute atomic E-state index is 6.50. The molecule has 116 valence electrons. The van der Waals surface area contributed by atoms with Gasteiger partial charge in [0.15, 0.2) is 0 Å². The third-order valence-corrected chi connectivity index (χ3v) is 4.73. The molecule has 3 rings (SSSR count). The van der Waals surface area contributed by atoms with E-state index in [0.717, 1.165) is 36.8 Å². The molecule has 1 aliphatic rings. The average Bonchev–Trinajstić information content (AvgIpc) is 2.52. The van der Waals surface area contributed by atoms with Crippen LogP contribution in [0.4, 0.5) is 0 Å². The molecule has 0 radical (unpaired) electrons. The van der Waals surface area contributed by atoms with Crippen LogP contribution in [0.25, 0.3) is 0 Å². The Labute approximate surface area is 142 Å². The minimum Gasteiger partial charge on any atom is -0.314 e. The van der Waals surface area contributed by atoms with Gasteiger partial charge in [-0.15, -0.1) is 0 Å². The average molecular weight is 335 g/mol. The van der Waals surface area contributed by atoms with Gasteiger partial charge in [0.2, 0.25) is 0 Å². The molecule has 2 aromatic rings. The summed E-state index contributed by atoms with van der Waals surface area (Å²) in [6.07, 6.45) is 0. The first-order chi connectivity index (χ1) is 10.6. The van der Waals surface area contributed by atoms with E-state index in [1.54, 1.807) is 0 Å². The lowest BCUT2D eigenvalue weighted by molar-refractivity contribution is 0.198. The van der Waals surface area contributed by atoms with Gasteiger partial charge in [-0.25, -0.2) is 0 Å². The third-order valence-electron chi connectivity index (χ3n) is 4.17. The van der Waals surface area contributed by atoms with E-state index in [0.29, 0.717) is 5.02 Å². The van der Waals surface area contributed by atoms with Gasteiger partial charge in [0.25, 0.3) is 0 Å². The largest absolute Gasteiger partial charge is 0.314 e. The highest BCUT2D eigenvalue weighted by Gasteiger charge is 2.25. The Morgan fingerprint density at radius 1 is 1.00 bits per heavy atom. The van der Waals surface area contributed by atoms with Crippen molar-refractivity contribution in [1.82, 2.24) is 10.2 Å². The predicted molar refractivity (Wildman–Crippen MR) is 93.9 cm³/mol. The fourth-order valence-electron chi connectivity index (χ4n) is 3.00. The Hall–Kier alpha value is -1.06. The SMILES string of the molecule is Cc1ccc([C@@H](c2ccc(Cl)cc2Cl)N2CCNCC2)cc1.